The van der Waals surface area contributed by atoms with E-state index >= 15 is 0 Å². The molecular formula is C17H18N2O2. The van der Waals surface area contributed by atoms with Crippen LogP contribution in [0.4, 0.5) is 11.4 Å². The Labute approximate surface area is 124 Å². The summed E-state index contributed by atoms with van der Waals surface area (Å²) in [5.41, 5.74) is 5.27. The van der Waals surface area contributed by atoms with Crippen molar-refractivity contribution in [2.24, 2.45) is 0 Å². The van der Waals surface area contributed by atoms with E-state index in [1.54, 1.807) is 24.3 Å². The summed E-state index contributed by atoms with van der Waals surface area (Å²) in [5, 5.41) is 14.1. The van der Waals surface area contributed by atoms with Gasteiger partial charge in [-0.3, -0.25) is 10.1 Å². The molecule has 0 spiro atoms. The first-order valence-corrected chi connectivity index (χ1v) is 7.32. The lowest BCUT2D eigenvalue weighted by Crippen LogP contribution is -2.08. The van der Waals surface area contributed by atoms with E-state index in [1.807, 2.05) is 0 Å². The van der Waals surface area contributed by atoms with Crippen molar-refractivity contribution < 1.29 is 4.92 Å². The van der Waals surface area contributed by atoms with Crippen LogP contribution in [0.25, 0.3) is 0 Å². The quantitative estimate of drug-likeness (QED) is 0.679. The summed E-state index contributed by atoms with van der Waals surface area (Å²) in [6, 6.07) is 13.2. The number of aryl methyl sites for hydroxylation is 1. The van der Waals surface area contributed by atoms with Crippen LogP contribution in [0.3, 0.4) is 0 Å². The molecular weight excluding hydrogens is 264 g/mol. The zero-order chi connectivity index (χ0) is 14.7. The van der Waals surface area contributed by atoms with Gasteiger partial charge >= 0.3 is 0 Å². The predicted molar refractivity (Wildman–Crippen MR) is 83.5 cm³/mol. The first-order chi connectivity index (χ1) is 10.2. The summed E-state index contributed by atoms with van der Waals surface area (Å²) >= 11 is 0. The van der Waals surface area contributed by atoms with Gasteiger partial charge in [0.2, 0.25) is 0 Å². The van der Waals surface area contributed by atoms with E-state index in [-0.39, 0.29) is 10.6 Å². The molecule has 0 unspecified atom stereocenters. The Kier molecular flexibility index (Phi) is 3.86. The summed E-state index contributed by atoms with van der Waals surface area (Å²) in [6.07, 6.45) is 4.84. The van der Waals surface area contributed by atoms with Gasteiger partial charge in [0.15, 0.2) is 0 Å². The lowest BCUT2D eigenvalue weighted by atomic mass is 9.90. The molecule has 2 aromatic rings. The number of non-ortho nitro benzene ring substituents is 1. The van der Waals surface area contributed by atoms with Gasteiger partial charge in [-0.05, 0) is 48.4 Å². The van der Waals surface area contributed by atoms with Crippen molar-refractivity contribution in [3.63, 3.8) is 0 Å². The Morgan fingerprint density at radius 1 is 1.05 bits per heavy atom. The number of nitro groups is 1. The third-order valence-corrected chi connectivity index (χ3v) is 4.03. The monoisotopic (exact) mass is 282 g/mol. The lowest BCUT2D eigenvalue weighted by molar-refractivity contribution is -0.384. The summed E-state index contributed by atoms with van der Waals surface area (Å²) in [4.78, 5) is 10.3. The van der Waals surface area contributed by atoms with E-state index in [2.05, 4.69) is 23.5 Å². The molecule has 0 amide bonds. The smallest absolute Gasteiger partial charge is 0.269 e. The molecule has 0 aromatic heterocycles. The highest BCUT2D eigenvalue weighted by molar-refractivity contribution is 5.56. The molecule has 0 fully saturated rings. The number of hydrogen-bond donors (Lipinski definition) is 1. The first-order valence-electron chi connectivity index (χ1n) is 7.32. The number of nitrogens with one attached hydrogen (secondary N) is 1. The molecule has 4 nitrogen and oxygen atoms in total. The maximum Gasteiger partial charge on any atom is 0.269 e. The molecule has 2 aromatic carbocycles. The van der Waals surface area contributed by atoms with Gasteiger partial charge in [-0.15, -0.1) is 0 Å². The highest BCUT2D eigenvalue weighted by atomic mass is 16.6. The van der Waals surface area contributed by atoms with E-state index in [1.165, 1.54) is 36.1 Å². The van der Waals surface area contributed by atoms with Crippen LogP contribution in [0.1, 0.15) is 29.5 Å². The van der Waals surface area contributed by atoms with Crippen LogP contribution in [-0.2, 0) is 19.4 Å². The Hall–Kier alpha value is -2.36. The van der Waals surface area contributed by atoms with Crippen molar-refractivity contribution in [3.05, 3.63) is 69.3 Å². The Morgan fingerprint density at radius 3 is 2.57 bits per heavy atom. The zero-order valence-electron chi connectivity index (χ0n) is 11.8. The molecule has 108 valence electrons. The third kappa shape index (κ3) is 3.05. The van der Waals surface area contributed by atoms with Gasteiger partial charge in [-0.25, -0.2) is 0 Å². The van der Waals surface area contributed by atoms with Crippen molar-refractivity contribution in [2.45, 2.75) is 32.2 Å². The van der Waals surface area contributed by atoms with Crippen molar-refractivity contribution >= 4 is 11.4 Å². The molecule has 21 heavy (non-hydrogen) atoms. The number of benzene rings is 2. The topological polar surface area (TPSA) is 55.2 Å². The van der Waals surface area contributed by atoms with E-state index in [0.717, 1.165) is 12.0 Å². The van der Waals surface area contributed by atoms with Gasteiger partial charge in [-0.1, -0.05) is 24.3 Å². The van der Waals surface area contributed by atoms with Crippen LogP contribution < -0.4 is 5.32 Å². The van der Waals surface area contributed by atoms with Gasteiger partial charge in [-0.2, -0.15) is 0 Å². The highest BCUT2D eigenvalue weighted by Gasteiger charge is 2.12. The molecule has 1 N–H and O–H groups in total. The molecule has 0 bridgehead atoms. The summed E-state index contributed by atoms with van der Waals surface area (Å²) in [5.74, 6) is 0. The van der Waals surface area contributed by atoms with Crippen molar-refractivity contribution in [3.8, 4) is 0 Å². The fraction of sp³-hybridized carbons (Fsp3) is 0.294. The third-order valence-electron chi connectivity index (χ3n) is 4.03. The number of hydrogen-bond acceptors (Lipinski definition) is 3. The minimum absolute atomic E-state index is 0.135. The normalized spacial score (nSPS) is 13.5. The van der Waals surface area contributed by atoms with Gasteiger partial charge < -0.3 is 5.32 Å². The van der Waals surface area contributed by atoms with E-state index in [0.29, 0.717) is 6.54 Å². The molecule has 0 saturated carbocycles. The number of anilines is 1. The fourth-order valence-electron chi connectivity index (χ4n) is 2.88. The van der Waals surface area contributed by atoms with Gasteiger partial charge in [0.25, 0.3) is 5.69 Å². The van der Waals surface area contributed by atoms with Crippen molar-refractivity contribution in [2.75, 3.05) is 5.32 Å². The van der Waals surface area contributed by atoms with E-state index in [4.69, 9.17) is 0 Å². The Balaban J connectivity index is 1.71. The Bertz CT molecular complexity index is 650. The largest absolute Gasteiger partial charge is 0.381 e. The molecule has 1 aliphatic rings. The molecule has 1 aliphatic carbocycles. The average Bonchev–Trinajstić information content (AvgIpc) is 2.53. The Morgan fingerprint density at radius 2 is 1.81 bits per heavy atom. The van der Waals surface area contributed by atoms with Crippen molar-refractivity contribution in [1.82, 2.24) is 0 Å². The van der Waals surface area contributed by atoms with Crippen LogP contribution in [0.5, 0.6) is 0 Å². The highest BCUT2D eigenvalue weighted by Crippen LogP contribution is 2.28. The standard InChI is InChI=1S/C17H18N2O2/c20-19(21)15-10-8-13(9-11-15)12-18-17-7-3-5-14-4-1-2-6-16(14)17/h3,5,7-11,18H,1-2,4,6,12H2. The van der Waals surface area contributed by atoms with E-state index < -0.39 is 0 Å². The number of nitrogens with zero attached hydrogens (tertiary/aromatic N) is 1. The lowest BCUT2D eigenvalue weighted by Gasteiger charge is -2.20. The molecule has 0 aliphatic heterocycles. The van der Waals surface area contributed by atoms with Crippen LogP contribution in [0.15, 0.2) is 42.5 Å². The molecule has 0 atom stereocenters. The average molecular weight is 282 g/mol. The minimum Gasteiger partial charge on any atom is -0.381 e. The molecule has 4 heteroatoms. The maximum absolute atomic E-state index is 10.6. The SMILES string of the molecule is O=[N+]([O-])c1ccc(CNc2cccc3c2CCCC3)cc1. The first kappa shape index (κ1) is 13.6. The van der Waals surface area contributed by atoms with Gasteiger partial charge in [0, 0.05) is 24.4 Å². The maximum atomic E-state index is 10.6. The molecule has 0 saturated heterocycles. The number of nitro benzene ring substituents is 1. The summed E-state index contributed by atoms with van der Waals surface area (Å²) in [7, 11) is 0. The number of rotatable bonds is 4. The number of fused-ring (bicyclic) bond motifs is 1. The van der Waals surface area contributed by atoms with Crippen LogP contribution in [-0.4, -0.2) is 4.92 Å². The van der Waals surface area contributed by atoms with Crippen molar-refractivity contribution in [1.29, 1.82) is 0 Å². The second-order valence-corrected chi connectivity index (χ2v) is 5.43. The van der Waals surface area contributed by atoms with Crippen LogP contribution in [0.2, 0.25) is 0 Å². The fourth-order valence-corrected chi connectivity index (χ4v) is 2.88. The molecule has 0 heterocycles. The second-order valence-electron chi connectivity index (χ2n) is 5.43. The second kappa shape index (κ2) is 5.95. The van der Waals surface area contributed by atoms with Gasteiger partial charge in [0.1, 0.15) is 0 Å². The molecule has 3 rings (SSSR count). The predicted octanol–water partition coefficient (Wildman–Crippen LogP) is 4.09. The summed E-state index contributed by atoms with van der Waals surface area (Å²) < 4.78 is 0. The van der Waals surface area contributed by atoms with Crippen LogP contribution in [0, 0.1) is 10.1 Å². The minimum atomic E-state index is -0.370. The summed E-state index contributed by atoms with van der Waals surface area (Å²) in [6.45, 7) is 0.689. The molecule has 0 radical (unpaired) electrons. The zero-order valence-corrected chi connectivity index (χ0v) is 11.8. The van der Waals surface area contributed by atoms with Crippen LogP contribution >= 0.6 is 0 Å². The van der Waals surface area contributed by atoms with E-state index in [9.17, 15) is 10.1 Å². The van der Waals surface area contributed by atoms with Gasteiger partial charge in [0.05, 0.1) is 4.92 Å².